The van der Waals surface area contributed by atoms with E-state index >= 15 is 0 Å². The average Bonchev–Trinajstić information content (AvgIpc) is 3.46. The van der Waals surface area contributed by atoms with Crippen molar-refractivity contribution in [3.63, 3.8) is 0 Å². The molecule has 1 saturated heterocycles. The molecule has 0 aromatic heterocycles. The lowest BCUT2D eigenvalue weighted by atomic mass is 9.74. The van der Waals surface area contributed by atoms with Crippen molar-refractivity contribution in [2.75, 3.05) is 11.4 Å². The zero-order valence-electron chi connectivity index (χ0n) is 18.1. The number of hydrogen-bond donors (Lipinski definition) is 3. The summed E-state index contributed by atoms with van der Waals surface area (Å²) in [5.41, 5.74) is 0.451. The van der Waals surface area contributed by atoms with Gasteiger partial charge in [0.25, 0.3) is 0 Å². The van der Waals surface area contributed by atoms with Crippen molar-refractivity contribution in [3.05, 3.63) is 29.8 Å². The van der Waals surface area contributed by atoms with E-state index in [9.17, 15) is 28.4 Å². The molecule has 1 amide bonds. The number of carbonyl (C=O) groups excluding carboxylic acids is 2. The van der Waals surface area contributed by atoms with Crippen LogP contribution in [-0.2, 0) is 9.59 Å². The van der Waals surface area contributed by atoms with Crippen molar-refractivity contribution in [2.24, 2.45) is 17.8 Å². The monoisotopic (exact) mass is 436 g/mol. The Balaban J connectivity index is 1.65. The van der Waals surface area contributed by atoms with Crippen molar-refractivity contribution in [2.45, 2.75) is 64.4 Å². The predicted molar refractivity (Wildman–Crippen MR) is 114 cm³/mol. The van der Waals surface area contributed by atoms with E-state index in [1.165, 1.54) is 6.07 Å². The van der Waals surface area contributed by atoms with E-state index in [1.54, 1.807) is 4.90 Å². The van der Waals surface area contributed by atoms with Crippen LogP contribution in [-0.4, -0.2) is 47.4 Å². The maximum Gasteiger partial charge on any atom is 0.475 e. The van der Waals surface area contributed by atoms with E-state index in [4.69, 9.17) is 0 Å². The molecule has 0 bridgehead atoms. The second-order valence-electron chi connectivity index (χ2n) is 9.30. The van der Waals surface area contributed by atoms with Gasteiger partial charge in [-0.1, -0.05) is 26.7 Å². The van der Waals surface area contributed by atoms with Gasteiger partial charge in [0, 0.05) is 30.6 Å². The first kappa shape index (κ1) is 23.7. The number of halogens is 2. The number of benzene rings is 1. The zero-order chi connectivity index (χ0) is 22.7. The highest BCUT2D eigenvalue weighted by molar-refractivity contribution is 6.43. The molecule has 2 fully saturated rings. The van der Waals surface area contributed by atoms with Gasteiger partial charge in [-0.2, -0.15) is 0 Å². The highest BCUT2D eigenvalue weighted by atomic mass is 19.2. The lowest BCUT2D eigenvalue weighted by molar-refractivity contribution is -0.131. The number of ketones is 1. The van der Waals surface area contributed by atoms with Gasteiger partial charge in [0.15, 0.2) is 17.4 Å². The second kappa shape index (κ2) is 10.1. The molecule has 0 radical (unpaired) electrons. The summed E-state index contributed by atoms with van der Waals surface area (Å²) < 4.78 is 26.8. The molecule has 6 nitrogen and oxygen atoms in total. The molecule has 1 heterocycles. The van der Waals surface area contributed by atoms with Gasteiger partial charge in [0.1, 0.15) is 0 Å². The third-order valence-electron chi connectivity index (χ3n) is 6.17. The van der Waals surface area contributed by atoms with Crippen LogP contribution in [0, 0.1) is 29.4 Å². The van der Waals surface area contributed by atoms with Gasteiger partial charge in [-0.05, 0) is 43.2 Å². The Hall–Kier alpha value is -2.00. The Kier molecular flexibility index (Phi) is 7.70. The van der Waals surface area contributed by atoms with E-state index in [0.29, 0.717) is 37.4 Å². The summed E-state index contributed by atoms with van der Waals surface area (Å²) in [5, 5.41) is 22.0. The van der Waals surface area contributed by atoms with Crippen LogP contribution in [0.15, 0.2) is 18.2 Å². The quantitative estimate of drug-likeness (QED) is 0.464. The summed E-state index contributed by atoms with van der Waals surface area (Å²) in [5.74, 6) is -3.09. The van der Waals surface area contributed by atoms with E-state index in [0.717, 1.165) is 25.0 Å². The summed E-state index contributed by atoms with van der Waals surface area (Å²) >= 11 is 0. The molecule has 170 valence electrons. The molecule has 3 atom stereocenters. The van der Waals surface area contributed by atoms with Crippen LogP contribution in [0.2, 0.25) is 0 Å². The minimum Gasteiger partial charge on any atom is -0.426 e. The fraction of sp³-hybridized carbons (Fsp3) is 0.636. The molecule has 1 aromatic carbocycles. The average molecular weight is 436 g/mol. The number of carbonyl (C=O) groups is 2. The van der Waals surface area contributed by atoms with Gasteiger partial charge in [-0.3, -0.25) is 9.59 Å². The van der Waals surface area contributed by atoms with E-state index < -0.39 is 36.7 Å². The molecule has 1 aromatic rings. The zero-order valence-corrected chi connectivity index (χ0v) is 18.1. The predicted octanol–water partition coefficient (Wildman–Crippen LogP) is 2.46. The van der Waals surface area contributed by atoms with Crippen LogP contribution in [0.3, 0.4) is 0 Å². The molecular weight excluding hydrogens is 405 g/mol. The van der Waals surface area contributed by atoms with Gasteiger partial charge in [0.05, 0.1) is 12.0 Å². The van der Waals surface area contributed by atoms with Crippen LogP contribution in [0.1, 0.15) is 52.4 Å². The number of Topliss-reactive ketones (excluding diaryl/α,β-unsaturated/α-hetero) is 1. The molecule has 0 spiro atoms. The van der Waals surface area contributed by atoms with Crippen molar-refractivity contribution < 1.29 is 28.4 Å². The van der Waals surface area contributed by atoms with E-state index in [-0.39, 0.29) is 24.0 Å². The van der Waals surface area contributed by atoms with Crippen LogP contribution in [0.5, 0.6) is 0 Å². The van der Waals surface area contributed by atoms with E-state index in [1.807, 2.05) is 13.8 Å². The normalized spacial score (nSPS) is 20.2. The first-order valence-corrected chi connectivity index (χ1v) is 11.1. The molecule has 3 rings (SSSR count). The molecule has 2 aliphatic rings. The third kappa shape index (κ3) is 6.26. The fourth-order valence-electron chi connectivity index (χ4n) is 4.18. The molecule has 9 heteroatoms. The topological polar surface area (TPSA) is 89.9 Å². The number of hydrogen-bond acceptors (Lipinski definition) is 5. The number of rotatable bonds is 11. The highest BCUT2D eigenvalue weighted by Crippen LogP contribution is 2.37. The first-order chi connectivity index (χ1) is 14.7. The van der Waals surface area contributed by atoms with Gasteiger partial charge >= 0.3 is 7.12 Å². The molecular formula is C22H31BF2N2O4. The van der Waals surface area contributed by atoms with Gasteiger partial charge in [-0.25, -0.2) is 8.78 Å². The lowest BCUT2D eigenvalue weighted by Crippen LogP contribution is -2.54. The Bertz CT molecular complexity index is 804. The largest absolute Gasteiger partial charge is 0.475 e. The Labute approximate surface area is 182 Å². The standard InChI is InChI=1S/C22H31BF2N2O4/c1-13(2)9-21(23(30)31)26-22(29)15(10-14-3-4-14)11-20(28)19-7-8-27(19)16-5-6-17(24)18(25)12-16/h5-6,12-15,19,21,30-31H,3-4,7-11H2,1-2H3,(H,26,29)/t15-,19+,21+/m1/s1. The highest BCUT2D eigenvalue weighted by Gasteiger charge is 2.39. The number of nitrogens with one attached hydrogen (secondary N) is 1. The summed E-state index contributed by atoms with van der Waals surface area (Å²) in [6, 6.07) is 3.12. The van der Waals surface area contributed by atoms with Crippen LogP contribution < -0.4 is 10.2 Å². The number of amides is 1. The first-order valence-electron chi connectivity index (χ1n) is 11.1. The molecule has 1 aliphatic carbocycles. The minimum absolute atomic E-state index is 0.0447. The van der Waals surface area contributed by atoms with Crippen LogP contribution in [0.25, 0.3) is 0 Å². The minimum atomic E-state index is -1.67. The Morgan fingerprint density at radius 2 is 1.90 bits per heavy atom. The van der Waals surface area contributed by atoms with Crippen LogP contribution >= 0.6 is 0 Å². The van der Waals surface area contributed by atoms with Crippen LogP contribution in [0.4, 0.5) is 14.5 Å². The molecule has 1 saturated carbocycles. The third-order valence-corrected chi connectivity index (χ3v) is 6.17. The summed E-state index contributed by atoms with van der Waals surface area (Å²) in [4.78, 5) is 27.6. The van der Waals surface area contributed by atoms with E-state index in [2.05, 4.69) is 5.32 Å². The lowest BCUT2D eigenvalue weighted by Gasteiger charge is -2.42. The SMILES string of the molecule is CC(C)C[C@H](NC(=O)[C@@H](CC(=O)[C@@H]1CCN1c1ccc(F)c(F)c1)CC1CC1)B(O)O. The Morgan fingerprint density at radius 1 is 1.19 bits per heavy atom. The molecule has 31 heavy (non-hydrogen) atoms. The van der Waals surface area contributed by atoms with Crippen molar-refractivity contribution in [1.82, 2.24) is 5.32 Å². The molecule has 1 aliphatic heterocycles. The maximum absolute atomic E-state index is 13.6. The van der Waals surface area contributed by atoms with Crippen molar-refractivity contribution in [3.8, 4) is 0 Å². The smallest absolute Gasteiger partial charge is 0.426 e. The van der Waals surface area contributed by atoms with Gasteiger partial charge in [0.2, 0.25) is 5.91 Å². The molecule has 0 unspecified atom stereocenters. The van der Waals surface area contributed by atoms with Crippen molar-refractivity contribution in [1.29, 1.82) is 0 Å². The maximum atomic E-state index is 13.6. The number of anilines is 1. The van der Waals surface area contributed by atoms with Crippen molar-refractivity contribution >= 4 is 24.5 Å². The van der Waals surface area contributed by atoms with Gasteiger partial charge < -0.3 is 20.3 Å². The number of nitrogens with zero attached hydrogens (tertiary/aromatic N) is 1. The summed E-state index contributed by atoms with van der Waals surface area (Å²) in [6.45, 7) is 4.42. The summed E-state index contributed by atoms with van der Waals surface area (Å²) in [6.07, 6.45) is 3.70. The molecule has 3 N–H and O–H groups in total. The fourth-order valence-corrected chi connectivity index (χ4v) is 4.18. The Morgan fingerprint density at radius 3 is 2.42 bits per heavy atom. The summed E-state index contributed by atoms with van der Waals surface area (Å²) in [7, 11) is -1.67. The van der Waals surface area contributed by atoms with Gasteiger partial charge in [-0.15, -0.1) is 0 Å². The second-order valence-corrected chi connectivity index (χ2v) is 9.30.